The van der Waals surface area contributed by atoms with Gasteiger partial charge >= 0.3 is 17.9 Å². The Morgan fingerprint density at radius 1 is 1.04 bits per heavy atom. The van der Waals surface area contributed by atoms with E-state index in [9.17, 15) is 14.4 Å². The molecule has 9 nitrogen and oxygen atoms in total. The first-order valence-electron chi connectivity index (χ1n) is 8.64. The van der Waals surface area contributed by atoms with E-state index in [1.165, 1.54) is 26.6 Å². The minimum Gasteiger partial charge on any atom is -0.468 e. The van der Waals surface area contributed by atoms with Gasteiger partial charge in [0.25, 0.3) is 0 Å². The Kier molecular flexibility index (Phi) is 4.74. The maximum absolute atomic E-state index is 12.8. The summed E-state index contributed by atoms with van der Waals surface area (Å²) in [5.74, 6) is -2.60. The molecule has 1 spiro atoms. The summed E-state index contributed by atoms with van der Waals surface area (Å²) in [6.07, 6.45) is -0.374. The molecule has 0 aromatic heterocycles. The molecule has 4 atom stereocenters. The highest BCUT2D eigenvalue weighted by molar-refractivity contribution is 6.01. The molecule has 2 saturated heterocycles. The number of methoxy groups -OCH3 is 3. The number of hydrogen-bond acceptors (Lipinski definition) is 9. The van der Waals surface area contributed by atoms with Gasteiger partial charge in [-0.15, -0.1) is 0 Å². The zero-order valence-corrected chi connectivity index (χ0v) is 15.6. The molecule has 3 fully saturated rings. The van der Waals surface area contributed by atoms with Crippen LogP contribution in [-0.2, 0) is 38.3 Å². The number of carbonyl (C=O) groups is 3. The minimum atomic E-state index is -1.47. The second kappa shape index (κ2) is 6.47. The Hall–Kier alpha value is -1.71. The zero-order chi connectivity index (χ0) is 19.3. The van der Waals surface area contributed by atoms with E-state index in [-0.39, 0.29) is 31.3 Å². The maximum atomic E-state index is 12.8. The van der Waals surface area contributed by atoms with E-state index in [4.69, 9.17) is 23.9 Å². The highest BCUT2D eigenvalue weighted by Gasteiger charge is 2.77. The summed E-state index contributed by atoms with van der Waals surface area (Å²) in [5, 5.41) is 1.32. The largest absolute Gasteiger partial charge is 0.468 e. The number of esters is 3. The van der Waals surface area contributed by atoms with Crippen LogP contribution >= 0.6 is 0 Å². The van der Waals surface area contributed by atoms with E-state index < -0.39 is 40.9 Å². The molecule has 1 aliphatic carbocycles. The van der Waals surface area contributed by atoms with Gasteiger partial charge in [-0.25, -0.2) is 4.79 Å². The number of carbonyl (C=O) groups excluding carboxylic acids is 3. The van der Waals surface area contributed by atoms with Crippen molar-refractivity contribution in [2.75, 3.05) is 27.9 Å². The molecule has 0 bridgehead atoms. The van der Waals surface area contributed by atoms with Crippen LogP contribution in [0.4, 0.5) is 0 Å². The summed E-state index contributed by atoms with van der Waals surface area (Å²) in [5.41, 5.74) is -2.28. The van der Waals surface area contributed by atoms with Crippen LogP contribution in [0, 0.1) is 23.2 Å². The number of nitrogens with zero attached hydrogens (tertiary/aromatic N) is 1. The summed E-state index contributed by atoms with van der Waals surface area (Å²) in [4.78, 5) is 49.0. The Balaban J connectivity index is 2.12. The highest BCUT2D eigenvalue weighted by Crippen LogP contribution is 2.65. The van der Waals surface area contributed by atoms with Gasteiger partial charge in [-0.2, -0.15) is 0 Å². The van der Waals surface area contributed by atoms with Crippen LogP contribution in [0.5, 0.6) is 0 Å². The molecular weight excluding hydrogens is 346 g/mol. The van der Waals surface area contributed by atoms with Crippen molar-refractivity contribution in [3.8, 4) is 0 Å². The lowest BCUT2D eigenvalue weighted by atomic mass is 9.65. The third-order valence-corrected chi connectivity index (χ3v) is 6.04. The second-order valence-corrected chi connectivity index (χ2v) is 7.44. The summed E-state index contributed by atoms with van der Waals surface area (Å²) in [6.45, 7) is 4.13. The molecule has 26 heavy (non-hydrogen) atoms. The minimum absolute atomic E-state index is 0.109. The molecule has 0 N–H and O–H groups in total. The van der Waals surface area contributed by atoms with Gasteiger partial charge in [0.2, 0.25) is 0 Å². The first-order chi connectivity index (χ1) is 12.3. The van der Waals surface area contributed by atoms with Crippen LogP contribution in [0.3, 0.4) is 0 Å². The Morgan fingerprint density at radius 3 is 2.15 bits per heavy atom. The predicted octanol–water partition coefficient (Wildman–Crippen LogP) is 0.474. The molecule has 3 rings (SSSR count). The molecule has 0 amide bonds. The van der Waals surface area contributed by atoms with E-state index in [2.05, 4.69) is 0 Å². The highest BCUT2D eigenvalue weighted by atomic mass is 17.0. The Morgan fingerprint density at radius 2 is 1.65 bits per heavy atom. The van der Waals surface area contributed by atoms with Gasteiger partial charge in [0.15, 0.2) is 11.5 Å². The first kappa shape index (κ1) is 19.1. The van der Waals surface area contributed by atoms with Crippen LogP contribution < -0.4 is 0 Å². The van der Waals surface area contributed by atoms with Crippen molar-refractivity contribution in [1.29, 1.82) is 0 Å². The molecule has 3 aliphatic rings. The molecule has 0 unspecified atom stereocenters. The molecule has 146 valence electrons. The van der Waals surface area contributed by atoms with Crippen LogP contribution in [0.2, 0.25) is 0 Å². The second-order valence-electron chi connectivity index (χ2n) is 7.44. The van der Waals surface area contributed by atoms with E-state index >= 15 is 0 Å². The average molecular weight is 371 g/mol. The monoisotopic (exact) mass is 371 g/mol. The Bertz CT molecular complexity index is 604. The lowest BCUT2D eigenvalue weighted by molar-refractivity contribution is -0.364. The lowest BCUT2D eigenvalue weighted by Crippen LogP contribution is -2.55. The van der Waals surface area contributed by atoms with Crippen molar-refractivity contribution in [1.82, 2.24) is 5.23 Å². The fraction of sp³-hybridized carbons (Fsp3) is 0.824. The van der Waals surface area contributed by atoms with E-state index in [0.29, 0.717) is 0 Å². The molecule has 0 aromatic carbocycles. The topological polar surface area (TPSA) is 101 Å². The number of hydroxylamine groups is 2. The predicted molar refractivity (Wildman–Crippen MR) is 84.9 cm³/mol. The van der Waals surface area contributed by atoms with Gasteiger partial charge in [-0.1, -0.05) is 19.1 Å². The maximum Gasteiger partial charge on any atom is 0.337 e. The lowest BCUT2D eigenvalue weighted by Gasteiger charge is -2.41. The van der Waals surface area contributed by atoms with Gasteiger partial charge in [0.05, 0.1) is 33.5 Å². The molecule has 2 aliphatic heterocycles. The summed E-state index contributed by atoms with van der Waals surface area (Å²) in [7, 11) is 3.80. The van der Waals surface area contributed by atoms with E-state index in [0.717, 1.165) is 0 Å². The summed E-state index contributed by atoms with van der Waals surface area (Å²) < 4.78 is 14.8. The van der Waals surface area contributed by atoms with Crippen molar-refractivity contribution in [2.45, 2.75) is 38.3 Å². The van der Waals surface area contributed by atoms with Gasteiger partial charge in [-0.05, 0) is 12.3 Å². The average Bonchev–Trinajstić information content (AvgIpc) is 3.24. The summed E-state index contributed by atoms with van der Waals surface area (Å²) >= 11 is 0. The molecule has 9 heteroatoms. The van der Waals surface area contributed by atoms with Crippen LogP contribution in [0.1, 0.15) is 26.7 Å². The van der Waals surface area contributed by atoms with E-state index in [1.54, 1.807) is 0 Å². The van der Waals surface area contributed by atoms with Gasteiger partial charge in [0.1, 0.15) is 0 Å². The van der Waals surface area contributed by atoms with Crippen molar-refractivity contribution in [3.63, 3.8) is 0 Å². The van der Waals surface area contributed by atoms with Crippen LogP contribution in [0.15, 0.2) is 0 Å². The molecule has 1 saturated carbocycles. The normalized spacial score (nSPS) is 35.1. The van der Waals surface area contributed by atoms with Gasteiger partial charge < -0.3 is 14.2 Å². The number of rotatable bonds is 4. The van der Waals surface area contributed by atoms with Crippen LogP contribution in [0.25, 0.3) is 0 Å². The van der Waals surface area contributed by atoms with Crippen molar-refractivity contribution in [3.05, 3.63) is 0 Å². The SMILES string of the molecule is COC(=O)[C@H]1C[C@@]23[C@@H](CON2O1)CC(C(=O)OC)(C(=O)OC)[C@@H]3C(C)C. The standard InChI is InChI=1S/C17H25NO8/c1-9(2)12-16(14(20)23-4,15(21)24-5)6-10-8-25-18-17(10,12)7-11(26-18)13(19)22-3/h9-12H,6-8H2,1-5H3/t10-,11-,12+,17+/m1/s1. The van der Waals surface area contributed by atoms with Gasteiger partial charge in [0, 0.05) is 18.3 Å². The van der Waals surface area contributed by atoms with Crippen molar-refractivity contribution in [2.24, 2.45) is 23.2 Å². The van der Waals surface area contributed by atoms with Crippen LogP contribution in [-0.4, -0.2) is 62.7 Å². The third kappa shape index (κ3) is 2.23. The number of hydrogen-bond donors (Lipinski definition) is 0. The van der Waals surface area contributed by atoms with E-state index in [1.807, 2.05) is 13.8 Å². The zero-order valence-electron chi connectivity index (χ0n) is 15.6. The fourth-order valence-electron chi connectivity index (χ4n) is 5.34. The Labute approximate surface area is 151 Å². The first-order valence-corrected chi connectivity index (χ1v) is 8.64. The molecular formula is C17H25NO8. The van der Waals surface area contributed by atoms with Crippen molar-refractivity contribution >= 4 is 17.9 Å². The third-order valence-electron chi connectivity index (χ3n) is 6.04. The van der Waals surface area contributed by atoms with Crippen molar-refractivity contribution < 1.29 is 38.3 Å². The molecule has 0 aromatic rings. The fourth-order valence-corrected chi connectivity index (χ4v) is 5.34. The summed E-state index contributed by atoms with van der Waals surface area (Å²) in [6, 6.07) is 0. The van der Waals surface area contributed by atoms with Gasteiger partial charge in [-0.3, -0.25) is 19.3 Å². The smallest absolute Gasteiger partial charge is 0.337 e. The quantitative estimate of drug-likeness (QED) is 0.396. The number of ether oxygens (including phenoxy) is 3. The molecule has 2 heterocycles. The molecule has 0 radical (unpaired) electrons.